The fourth-order valence-electron chi connectivity index (χ4n) is 2.07. The SMILES string of the molecule is CCOc1ccccc1CC(O)CN(CC)CC.Cl. The molecule has 4 heteroatoms. The number of para-hydroxylation sites is 1. The minimum atomic E-state index is -0.341. The summed E-state index contributed by atoms with van der Waals surface area (Å²) in [6, 6.07) is 7.94. The van der Waals surface area contributed by atoms with Gasteiger partial charge in [0.25, 0.3) is 0 Å². The van der Waals surface area contributed by atoms with Crippen LogP contribution in [0.1, 0.15) is 26.3 Å². The number of nitrogens with zero attached hydrogens (tertiary/aromatic N) is 1. The number of halogens is 1. The lowest BCUT2D eigenvalue weighted by atomic mass is 10.1. The van der Waals surface area contributed by atoms with Crippen molar-refractivity contribution in [1.29, 1.82) is 0 Å². The maximum Gasteiger partial charge on any atom is 0.122 e. The normalized spacial score (nSPS) is 12.1. The first-order valence-corrected chi connectivity index (χ1v) is 6.82. The van der Waals surface area contributed by atoms with Crippen LogP contribution in [0.3, 0.4) is 0 Å². The molecule has 1 atom stereocenters. The van der Waals surface area contributed by atoms with Gasteiger partial charge in [0.15, 0.2) is 0 Å². The summed E-state index contributed by atoms with van der Waals surface area (Å²) in [5, 5.41) is 10.1. The lowest BCUT2D eigenvalue weighted by Crippen LogP contribution is -2.33. The summed E-state index contributed by atoms with van der Waals surface area (Å²) in [5.41, 5.74) is 1.08. The highest BCUT2D eigenvalue weighted by Gasteiger charge is 2.12. The van der Waals surface area contributed by atoms with Crippen LogP contribution in [0.25, 0.3) is 0 Å². The maximum absolute atomic E-state index is 10.1. The van der Waals surface area contributed by atoms with Gasteiger partial charge in [-0.05, 0) is 31.6 Å². The summed E-state index contributed by atoms with van der Waals surface area (Å²) in [6.07, 6.45) is 0.304. The molecule has 0 radical (unpaired) electrons. The van der Waals surface area contributed by atoms with Crippen molar-refractivity contribution in [2.45, 2.75) is 33.3 Å². The number of benzene rings is 1. The van der Waals surface area contributed by atoms with E-state index in [9.17, 15) is 5.11 Å². The van der Waals surface area contributed by atoms with Crippen molar-refractivity contribution in [3.63, 3.8) is 0 Å². The third-order valence-electron chi connectivity index (χ3n) is 3.09. The Bertz CT molecular complexity index is 343. The van der Waals surface area contributed by atoms with Crippen molar-refractivity contribution in [1.82, 2.24) is 4.90 Å². The Balaban J connectivity index is 0.00000324. The van der Waals surface area contributed by atoms with Crippen LogP contribution >= 0.6 is 12.4 Å². The molecule has 0 aromatic heterocycles. The average Bonchev–Trinajstić information content (AvgIpc) is 2.38. The fourth-order valence-corrected chi connectivity index (χ4v) is 2.07. The Labute approximate surface area is 123 Å². The van der Waals surface area contributed by atoms with E-state index in [1.165, 1.54) is 0 Å². The molecule has 1 rings (SSSR count). The minimum absolute atomic E-state index is 0. The van der Waals surface area contributed by atoms with Crippen molar-refractivity contribution in [3.8, 4) is 5.75 Å². The predicted octanol–water partition coefficient (Wildman–Crippen LogP) is 2.75. The smallest absolute Gasteiger partial charge is 0.122 e. The molecule has 110 valence electrons. The first-order valence-electron chi connectivity index (χ1n) is 6.82. The molecule has 0 fully saturated rings. The highest BCUT2D eigenvalue weighted by molar-refractivity contribution is 5.85. The van der Waals surface area contributed by atoms with Crippen molar-refractivity contribution in [3.05, 3.63) is 29.8 Å². The van der Waals surface area contributed by atoms with Gasteiger partial charge in [-0.25, -0.2) is 0 Å². The van der Waals surface area contributed by atoms with Gasteiger partial charge in [0, 0.05) is 13.0 Å². The Morgan fingerprint density at radius 3 is 2.37 bits per heavy atom. The van der Waals surface area contributed by atoms with E-state index in [-0.39, 0.29) is 18.5 Å². The number of rotatable bonds is 8. The van der Waals surface area contributed by atoms with Crippen LogP contribution in [-0.4, -0.2) is 42.4 Å². The van der Waals surface area contributed by atoms with E-state index in [1.54, 1.807) is 0 Å². The molecule has 3 nitrogen and oxygen atoms in total. The van der Waals surface area contributed by atoms with Gasteiger partial charge < -0.3 is 14.7 Å². The molecule has 19 heavy (non-hydrogen) atoms. The summed E-state index contributed by atoms with van der Waals surface area (Å²) in [5.74, 6) is 0.888. The largest absolute Gasteiger partial charge is 0.494 e. The Morgan fingerprint density at radius 2 is 1.79 bits per heavy atom. The number of hydrogen-bond donors (Lipinski definition) is 1. The molecule has 0 saturated heterocycles. The predicted molar refractivity (Wildman–Crippen MR) is 82.4 cm³/mol. The molecule has 1 aromatic carbocycles. The second kappa shape index (κ2) is 10.1. The van der Waals surface area contributed by atoms with Gasteiger partial charge in [0.2, 0.25) is 0 Å². The van der Waals surface area contributed by atoms with E-state index in [1.807, 2.05) is 31.2 Å². The summed E-state index contributed by atoms with van der Waals surface area (Å²) in [7, 11) is 0. The Morgan fingerprint density at radius 1 is 1.16 bits per heavy atom. The minimum Gasteiger partial charge on any atom is -0.494 e. The molecular weight excluding hydrogens is 262 g/mol. The second-order valence-electron chi connectivity index (χ2n) is 4.38. The van der Waals surface area contributed by atoms with Crippen LogP contribution in [0.2, 0.25) is 0 Å². The van der Waals surface area contributed by atoms with Gasteiger partial charge in [0.05, 0.1) is 12.7 Å². The molecule has 0 spiro atoms. The number of likely N-dealkylation sites (N-methyl/N-ethyl adjacent to an activating group) is 1. The molecular formula is C15H26ClNO2. The van der Waals surface area contributed by atoms with Crippen LogP contribution < -0.4 is 4.74 Å². The average molecular weight is 288 g/mol. The third kappa shape index (κ3) is 6.28. The number of aliphatic hydroxyl groups excluding tert-OH is 1. The van der Waals surface area contributed by atoms with Gasteiger partial charge in [-0.3, -0.25) is 0 Å². The van der Waals surface area contributed by atoms with Crippen LogP contribution in [0.15, 0.2) is 24.3 Å². The summed E-state index contributed by atoms with van der Waals surface area (Å²) in [6.45, 7) is 9.52. The molecule has 0 aliphatic rings. The Kier molecular flexibility index (Phi) is 9.66. The van der Waals surface area contributed by atoms with Crippen LogP contribution in [0.5, 0.6) is 5.75 Å². The van der Waals surface area contributed by atoms with Crippen molar-refractivity contribution >= 4 is 12.4 Å². The van der Waals surface area contributed by atoms with Crippen LogP contribution in [0, 0.1) is 0 Å². The summed E-state index contributed by atoms with van der Waals surface area (Å²) >= 11 is 0. The molecule has 0 aliphatic carbocycles. The quantitative estimate of drug-likeness (QED) is 0.798. The molecule has 0 saturated carbocycles. The lowest BCUT2D eigenvalue weighted by Gasteiger charge is -2.22. The molecule has 0 heterocycles. The van der Waals surface area contributed by atoms with Crippen molar-refractivity contribution in [2.75, 3.05) is 26.2 Å². The van der Waals surface area contributed by atoms with Crippen LogP contribution in [0.4, 0.5) is 0 Å². The first-order chi connectivity index (χ1) is 8.71. The molecule has 1 aromatic rings. The third-order valence-corrected chi connectivity index (χ3v) is 3.09. The summed E-state index contributed by atoms with van der Waals surface area (Å²) < 4.78 is 5.57. The van der Waals surface area contributed by atoms with Gasteiger partial charge in [0.1, 0.15) is 5.75 Å². The fraction of sp³-hybridized carbons (Fsp3) is 0.600. The van der Waals surface area contributed by atoms with E-state index in [0.29, 0.717) is 19.6 Å². The molecule has 1 unspecified atom stereocenters. The highest BCUT2D eigenvalue weighted by atomic mass is 35.5. The lowest BCUT2D eigenvalue weighted by molar-refractivity contribution is 0.117. The van der Waals surface area contributed by atoms with Gasteiger partial charge >= 0.3 is 0 Å². The van der Waals surface area contributed by atoms with Crippen molar-refractivity contribution < 1.29 is 9.84 Å². The molecule has 0 aliphatic heterocycles. The van der Waals surface area contributed by atoms with Gasteiger partial charge in [-0.2, -0.15) is 0 Å². The zero-order chi connectivity index (χ0) is 13.4. The summed E-state index contributed by atoms with van der Waals surface area (Å²) in [4.78, 5) is 2.23. The number of aliphatic hydroxyl groups is 1. The molecule has 0 amide bonds. The zero-order valence-corrected chi connectivity index (χ0v) is 12.9. The van der Waals surface area contributed by atoms with Crippen molar-refractivity contribution in [2.24, 2.45) is 0 Å². The molecule has 0 bridgehead atoms. The van der Waals surface area contributed by atoms with E-state index >= 15 is 0 Å². The molecule has 1 N–H and O–H groups in total. The van der Waals surface area contributed by atoms with Gasteiger partial charge in [-0.1, -0.05) is 32.0 Å². The number of ether oxygens (including phenoxy) is 1. The topological polar surface area (TPSA) is 32.7 Å². The highest BCUT2D eigenvalue weighted by Crippen LogP contribution is 2.19. The number of hydrogen-bond acceptors (Lipinski definition) is 3. The monoisotopic (exact) mass is 287 g/mol. The van der Waals surface area contributed by atoms with E-state index in [0.717, 1.165) is 24.4 Å². The van der Waals surface area contributed by atoms with E-state index in [4.69, 9.17) is 4.74 Å². The van der Waals surface area contributed by atoms with E-state index < -0.39 is 0 Å². The standard InChI is InChI=1S/C15H25NO2.ClH/c1-4-16(5-2)12-14(17)11-13-9-7-8-10-15(13)18-6-3;/h7-10,14,17H,4-6,11-12H2,1-3H3;1H. The van der Waals surface area contributed by atoms with Crippen LogP contribution in [-0.2, 0) is 6.42 Å². The maximum atomic E-state index is 10.1. The van der Waals surface area contributed by atoms with Gasteiger partial charge in [-0.15, -0.1) is 12.4 Å². The zero-order valence-electron chi connectivity index (χ0n) is 12.1. The van der Waals surface area contributed by atoms with E-state index in [2.05, 4.69) is 18.7 Å². The first kappa shape index (κ1) is 18.2. The Hall–Kier alpha value is -0.770. The second-order valence-corrected chi connectivity index (χ2v) is 4.38.